The van der Waals surface area contributed by atoms with Crippen LogP contribution in [0.5, 0.6) is 0 Å². The standard InChI is InChI=1S/C19H26N2O/c1-2-4-19-17(3-1)18(13-20-19)16-6-10-21(14-16)9-5-15-7-11-22-12-8-15/h1-4,13,15-16,20H,5-12,14H2/t16-/m0/s1. The molecule has 22 heavy (non-hydrogen) atoms. The number of H-pyrrole nitrogens is 1. The van der Waals surface area contributed by atoms with Gasteiger partial charge in [-0.2, -0.15) is 0 Å². The van der Waals surface area contributed by atoms with Crippen LogP contribution in [-0.2, 0) is 4.74 Å². The van der Waals surface area contributed by atoms with E-state index < -0.39 is 0 Å². The summed E-state index contributed by atoms with van der Waals surface area (Å²) in [6.07, 6.45) is 7.41. The highest BCUT2D eigenvalue weighted by Gasteiger charge is 2.26. The number of fused-ring (bicyclic) bond motifs is 1. The summed E-state index contributed by atoms with van der Waals surface area (Å²) in [5.74, 6) is 1.59. The molecule has 0 saturated carbocycles. The highest BCUT2D eigenvalue weighted by molar-refractivity contribution is 5.83. The summed E-state index contributed by atoms with van der Waals surface area (Å²) in [6.45, 7) is 5.70. The molecule has 3 nitrogen and oxygen atoms in total. The van der Waals surface area contributed by atoms with E-state index >= 15 is 0 Å². The van der Waals surface area contributed by atoms with Gasteiger partial charge in [0.2, 0.25) is 0 Å². The van der Waals surface area contributed by atoms with E-state index in [0.29, 0.717) is 5.92 Å². The average Bonchev–Trinajstić information content (AvgIpc) is 3.20. The Balaban J connectivity index is 1.36. The molecule has 2 aromatic rings. The minimum Gasteiger partial charge on any atom is -0.381 e. The Bertz CT molecular complexity index is 615. The number of rotatable bonds is 4. The fraction of sp³-hybridized carbons (Fsp3) is 0.579. The average molecular weight is 298 g/mol. The minimum atomic E-state index is 0.700. The predicted octanol–water partition coefficient (Wildman–Crippen LogP) is 3.77. The van der Waals surface area contributed by atoms with E-state index in [4.69, 9.17) is 4.74 Å². The summed E-state index contributed by atoms with van der Waals surface area (Å²) in [7, 11) is 0. The fourth-order valence-electron chi connectivity index (χ4n) is 4.12. The van der Waals surface area contributed by atoms with Gasteiger partial charge >= 0.3 is 0 Å². The second-order valence-corrected chi connectivity index (χ2v) is 6.92. The van der Waals surface area contributed by atoms with Crippen LogP contribution in [0.25, 0.3) is 10.9 Å². The van der Waals surface area contributed by atoms with Gasteiger partial charge in [-0.05, 0) is 62.2 Å². The van der Waals surface area contributed by atoms with Crippen molar-refractivity contribution in [2.24, 2.45) is 5.92 Å². The van der Waals surface area contributed by atoms with Gasteiger partial charge in [0.15, 0.2) is 0 Å². The smallest absolute Gasteiger partial charge is 0.0468 e. The van der Waals surface area contributed by atoms with Crippen LogP contribution in [0.1, 0.15) is 37.2 Å². The first-order valence-corrected chi connectivity index (χ1v) is 8.76. The number of benzene rings is 1. The SMILES string of the molecule is c1ccc2c([C@H]3CCN(CCC4CCOCC4)C3)c[nH]c2c1. The van der Waals surface area contributed by atoms with Gasteiger partial charge in [0.25, 0.3) is 0 Å². The van der Waals surface area contributed by atoms with E-state index in [0.717, 1.165) is 19.1 Å². The molecule has 2 saturated heterocycles. The van der Waals surface area contributed by atoms with Gasteiger partial charge in [0, 0.05) is 36.9 Å². The second-order valence-electron chi connectivity index (χ2n) is 6.92. The molecule has 3 heteroatoms. The summed E-state index contributed by atoms with van der Waals surface area (Å²) in [6, 6.07) is 8.69. The zero-order valence-electron chi connectivity index (χ0n) is 13.3. The second kappa shape index (κ2) is 6.43. The van der Waals surface area contributed by atoms with Gasteiger partial charge in [0.1, 0.15) is 0 Å². The number of aromatic nitrogens is 1. The quantitative estimate of drug-likeness (QED) is 0.930. The van der Waals surface area contributed by atoms with Gasteiger partial charge in [-0.25, -0.2) is 0 Å². The number of nitrogens with one attached hydrogen (secondary N) is 1. The van der Waals surface area contributed by atoms with Crippen molar-refractivity contribution in [3.63, 3.8) is 0 Å². The van der Waals surface area contributed by atoms with E-state index in [1.165, 1.54) is 61.8 Å². The molecular weight excluding hydrogens is 272 g/mol. The number of nitrogens with zero attached hydrogens (tertiary/aromatic N) is 1. The van der Waals surface area contributed by atoms with Crippen molar-refractivity contribution in [3.8, 4) is 0 Å². The van der Waals surface area contributed by atoms with Crippen LogP contribution in [0.2, 0.25) is 0 Å². The van der Waals surface area contributed by atoms with Gasteiger partial charge in [-0.1, -0.05) is 18.2 Å². The highest BCUT2D eigenvalue weighted by atomic mass is 16.5. The molecule has 2 fully saturated rings. The van der Waals surface area contributed by atoms with Crippen molar-refractivity contribution in [2.45, 2.75) is 31.6 Å². The molecule has 0 unspecified atom stereocenters. The molecule has 2 aliphatic heterocycles. The summed E-state index contributed by atoms with van der Waals surface area (Å²) in [5, 5.41) is 1.42. The number of hydrogen-bond acceptors (Lipinski definition) is 2. The minimum absolute atomic E-state index is 0.700. The molecule has 118 valence electrons. The number of likely N-dealkylation sites (tertiary alicyclic amines) is 1. The van der Waals surface area contributed by atoms with Crippen molar-refractivity contribution in [2.75, 3.05) is 32.8 Å². The Labute approximate surface area is 132 Å². The summed E-state index contributed by atoms with van der Waals surface area (Å²) in [4.78, 5) is 6.10. The third-order valence-electron chi connectivity index (χ3n) is 5.53. The Morgan fingerprint density at radius 2 is 2.00 bits per heavy atom. The predicted molar refractivity (Wildman–Crippen MR) is 90.3 cm³/mol. The van der Waals surface area contributed by atoms with Crippen molar-refractivity contribution in [1.82, 2.24) is 9.88 Å². The van der Waals surface area contributed by atoms with Crippen LogP contribution in [0.3, 0.4) is 0 Å². The zero-order valence-corrected chi connectivity index (χ0v) is 13.3. The lowest BCUT2D eigenvalue weighted by Crippen LogP contribution is -2.25. The van der Waals surface area contributed by atoms with E-state index in [-0.39, 0.29) is 0 Å². The van der Waals surface area contributed by atoms with E-state index in [1.807, 2.05) is 0 Å². The molecule has 0 bridgehead atoms. The molecule has 0 aliphatic carbocycles. The van der Waals surface area contributed by atoms with Crippen LogP contribution in [0, 0.1) is 5.92 Å². The zero-order chi connectivity index (χ0) is 14.8. The maximum Gasteiger partial charge on any atom is 0.0468 e. The summed E-state index contributed by atoms with van der Waals surface area (Å²) < 4.78 is 5.46. The van der Waals surface area contributed by atoms with Crippen molar-refractivity contribution >= 4 is 10.9 Å². The van der Waals surface area contributed by atoms with E-state index in [9.17, 15) is 0 Å². The first-order valence-electron chi connectivity index (χ1n) is 8.76. The monoisotopic (exact) mass is 298 g/mol. The highest BCUT2D eigenvalue weighted by Crippen LogP contribution is 2.32. The molecule has 1 N–H and O–H groups in total. The van der Waals surface area contributed by atoms with Crippen LogP contribution >= 0.6 is 0 Å². The first kappa shape index (κ1) is 14.3. The molecule has 2 aliphatic rings. The molecule has 1 aromatic heterocycles. The van der Waals surface area contributed by atoms with E-state index in [2.05, 4.69) is 40.3 Å². The Hall–Kier alpha value is -1.32. The third kappa shape index (κ3) is 2.92. The maximum atomic E-state index is 5.46. The lowest BCUT2D eigenvalue weighted by Gasteiger charge is -2.24. The molecule has 4 rings (SSSR count). The van der Waals surface area contributed by atoms with Crippen molar-refractivity contribution in [1.29, 1.82) is 0 Å². The Morgan fingerprint density at radius 1 is 1.14 bits per heavy atom. The first-order chi connectivity index (χ1) is 10.9. The Morgan fingerprint density at radius 3 is 2.91 bits per heavy atom. The molecular formula is C19H26N2O. The maximum absolute atomic E-state index is 5.46. The number of aromatic amines is 1. The molecule has 0 radical (unpaired) electrons. The van der Waals surface area contributed by atoms with Gasteiger partial charge in [-0.15, -0.1) is 0 Å². The molecule has 0 spiro atoms. The number of para-hydroxylation sites is 1. The van der Waals surface area contributed by atoms with Crippen LogP contribution < -0.4 is 0 Å². The lowest BCUT2D eigenvalue weighted by atomic mass is 9.96. The van der Waals surface area contributed by atoms with Gasteiger partial charge < -0.3 is 14.6 Å². The largest absolute Gasteiger partial charge is 0.381 e. The van der Waals surface area contributed by atoms with Crippen LogP contribution in [0.15, 0.2) is 30.5 Å². The molecule has 1 atom stereocenters. The summed E-state index contributed by atoms with van der Waals surface area (Å²) in [5.41, 5.74) is 2.79. The normalized spacial score (nSPS) is 24.3. The van der Waals surface area contributed by atoms with Crippen LogP contribution in [-0.4, -0.2) is 42.7 Å². The van der Waals surface area contributed by atoms with Gasteiger partial charge in [-0.3, -0.25) is 0 Å². The molecule has 0 amide bonds. The summed E-state index contributed by atoms with van der Waals surface area (Å²) >= 11 is 0. The molecule has 3 heterocycles. The topological polar surface area (TPSA) is 28.3 Å². The lowest BCUT2D eigenvalue weighted by molar-refractivity contribution is 0.0609. The third-order valence-corrected chi connectivity index (χ3v) is 5.53. The van der Waals surface area contributed by atoms with Crippen molar-refractivity contribution in [3.05, 3.63) is 36.0 Å². The van der Waals surface area contributed by atoms with Gasteiger partial charge in [0.05, 0.1) is 0 Å². The Kier molecular flexibility index (Phi) is 4.17. The number of hydrogen-bond donors (Lipinski definition) is 1. The van der Waals surface area contributed by atoms with E-state index in [1.54, 1.807) is 0 Å². The fourth-order valence-corrected chi connectivity index (χ4v) is 4.12. The van der Waals surface area contributed by atoms with Crippen LogP contribution in [0.4, 0.5) is 0 Å². The van der Waals surface area contributed by atoms with Crippen molar-refractivity contribution < 1.29 is 4.74 Å². The molecule has 1 aromatic carbocycles. The number of ether oxygens (including phenoxy) is 1.